The smallest absolute Gasteiger partial charge is 0.332 e. The molecular formula is C17H15Cl2N5O5. The van der Waals surface area contributed by atoms with Crippen molar-refractivity contribution in [2.24, 2.45) is 10.9 Å². The van der Waals surface area contributed by atoms with E-state index in [4.69, 9.17) is 28.1 Å². The fourth-order valence-electron chi connectivity index (χ4n) is 2.59. The summed E-state index contributed by atoms with van der Waals surface area (Å²) in [6.45, 7) is 0.177. The van der Waals surface area contributed by atoms with Gasteiger partial charge >= 0.3 is 6.03 Å². The Labute approximate surface area is 175 Å². The lowest BCUT2D eigenvalue weighted by atomic mass is 10.0. The highest BCUT2D eigenvalue weighted by molar-refractivity contribution is 6.40. The summed E-state index contributed by atoms with van der Waals surface area (Å²) in [4.78, 5) is 54.0. The Kier molecular flexibility index (Phi) is 5.76. The van der Waals surface area contributed by atoms with E-state index < -0.39 is 29.7 Å². The summed E-state index contributed by atoms with van der Waals surface area (Å²) in [5, 5.41) is 2.70. The van der Waals surface area contributed by atoms with Crippen molar-refractivity contribution in [2.45, 2.75) is 0 Å². The van der Waals surface area contributed by atoms with Gasteiger partial charge in [-0.05, 0) is 24.3 Å². The number of carbonyl (C=O) groups is 4. The number of ether oxygens (including phenoxy) is 1. The summed E-state index contributed by atoms with van der Waals surface area (Å²) >= 11 is 12.0. The van der Waals surface area contributed by atoms with Crippen LogP contribution in [-0.4, -0.2) is 65.0 Å². The minimum absolute atomic E-state index is 0.177. The van der Waals surface area contributed by atoms with Crippen LogP contribution < -0.4 is 10.1 Å². The molecule has 2 aliphatic heterocycles. The van der Waals surface area contributed by atoms with Crippen LogP contribution >= 0.6 is 23.4 Å². The summed E-state index contributed by atoms with van der Waals surface area (Å²) < 4.78 is 6.81. The molecule has 0 atom stereocenters. The number of allylic oxidation sites excluding steroid dienone is 1. The Hall–Kier alpha value is -3.11. The highest BCUT2D eigenvalue weighted by Crippen LogP contribution is 2.25. The van der Waals surface area contributed by atoms with Crippen molar-refractivity contribution >= 4 is 59.0 Å². The van der Waals surface area contributed by atoms with Gasteiger partial charge in [0.1, 0.15) is 17.5 Å². The lowest BCUT2D eigenvalue weighted by Gasteiger charge is -2.32. The van der Waals surface area contributed by atoms with Crippen molar-refractivity contribution in [3.05, 3.63) is 35.2 Å². The first-order valence-corrected chi connectivity index (χ1v) is 8.93. The molecule has 2 aliphatic rings. The number of hydrogen-bond donors (Lipinski definition) is 1. The van der Waals surface area contributed by atoms with Crippen molar-refractivity contribution in [3.8, 4) is 5.75 Å². The summed E-state index contributed by atoms with van der Waals surface area (Å²) in [7, 11) is 2.41. The molecule has 0 spiro atoms. The second kappa shape index (κ2) is 8.10. The number of halogens is 2. The normalized spacial score (nSPS) is 17.9. The van der Waals surface area contributed by atoms with E-state index in [9.17, 15) is 19.2 Å². The van der Waals surface area contributed by atoms with Crippen LogP contribution in [0.15, 0.2) is 40.2 Å². The Morgan fingerprint density at radius 1 is 1.14 bits per heavy atom. The van der Waals surface area contributed by atoms with Crippen molar-refractivity contribution in [3.63, 3.8) is 0 Å². The van der Waals surface area contributed by atoms with E-state index in [1.807, 2.05) is 0 Å². The molecule has 1 saturated heterocycles. The molecule has 2 heterocycles. The number of carbonyl (C=O) groups excluding carboxylic acids is 4. The molecule has 0 aromatic heterocycles. The third-order valence-electron chi connectivity index (χ3n) is 4.16. The number of hydrogen-bond acceptors (Lipinski definition) is 7. The Bertz CT molecular complexity index is 922. The molecule has 1 fully saturated rings. The first-order valence-electron chi connectivity index (χ1n) is 8.21. The summed E-state index contributed by atoms with van der Waals surface area (Å²) in [5.74, 6) is -3.69. The second-order valence-corrected chi connectivity index (χ2v) is 6.91. The Morgan fingerprint density at radius 3 is 2.28 bits per heavy atom. The van der Waals surface area contributed by atoms with E-state index in [0.29, 0.717) is 11.4 Å². The van der Waals surface area contributed by atoms with Gasteiger partial charge in [0.25, 0.3) is 11.8 Å². The number of imide groups is 2. The third kappa shape index (κ3) is 4.03. The number of anilines is 1. The molecule has 29 heavy (non-hydrogen) atoms. The molecule has 3 rings (SSSR count). The minimum Gasteiger partial charge on any atom is -0.438 e. The molecule has 10 nitrogen and oxygen atoms in total. The van der Waals surface area contributed by atoms with Crippen LogP contribution in [0.1, 0.15) is 0 Å². The van der Waals surface area contributed by atoms with E-state index in [0.717, 1.165) is 9.80 Å². The van der Waals surface area contributed by atoms with Crippen LogP contribution in [0.25, 0.3) is 0 Å². The average molecular weight is 440 g/mol. The van der Waals surface area contributed by atoms with Gasteiger partial charge in [-0.15, -0.1) is 0 Å². The molecular weight excluding hydrogens is 425 g/mol. The van der Waals surface area contributed by atoms with Gasteiger partial charge in [0, 0.05) is 37.8 Å². The summed E-state index contributed by atoms with van der Waals surface area (Å²) in [5.41, 5.74) is 0.318. The van der Waals surface area contributed by atoms with Gasteiger partial charge < -0.3 is 10.1 Å². The molecule has 0 aliphatic carbocycles. The standard InChI is InChI=1S/C17H15Cl2N5O5/c1-22-14(26)12(15(27)23(2)17(22)28)13(25)21-9-3-5-10(6-4-9)29-16-11(18)7-20-8-24(16)19/h3-7,12H,8H2,1-2H3,(H,21,25). The van der Waals surface area contributed by atoms with Gasteiger partial charge in [-0.2, -0.15) is 0 Å². The largest absolute Gasteiger partial charge is 0.438 e. The van der Waals surface area contributed by atoms with E-state index in [2.05, 4.69) is 10.3 Å². The third-order valence-corrected chi connectivity index (χ3v) is 4.68. The number of amides is 5. The summed E-state index contributed by atoms with van der Waals surface area (Å²) in [6, 6.07) is 5.30. The number of aliphatic imine (C=N–C) groups is 1. The van der Waals surface area contributed by atoms with Gasteiger partial charge in [0.05, 0.1) is 0 Å². The number of urea groups is 1. The predicted molar refractivity (Wildman–Crippen MR) is 104 cm³/mol. The van der Waals surface area contributed by atoms with Gasteiger partial charge in [-0.1, -0.05) is 11.6 Å². The van der Waals surface area contributed by atoms with Gasteiger partial charge in [0.15, 0.2) is 5.92 Å². The van der Waals surface area contributed by atoms with Crippen LogP contribution in [0.4, 0.5) is 10.5 Å². The average Bonchev–Trinajstić information content (AvgIpc) is 2.69. The zero-order valence-corrected chi connectivity index (χ0v) is 16.8. The maximum atomic E-state index is 12.5. The monoisotopic (exact) mass is 439 g/mol. The Morgan fingerprint density at radius 2 is 1.72 bits per heavy atom. The predicted octanol–water partition coefficient (Wildman–Crippen LogP) is 1.58. The van der Waals surface area contributed by atoms with Crippen LogP contribution in [0.5, 0.6) is 5.75 Å². The molecule has 5 amide bonds. The summed E-state index contributed by atoms with van der Waals surface area (Å²) in [6.07, 6.45) is 1.42. The van der Waals surface area contributed by atoms with E-state index in [-0.39, 0.29) is 17.6 Å². The first kappa shape index (κ1) is 20.6. The topological polar surface area (TPSA) is 112 Å². The second-order valence-electron chi connectivity index (χ2n) is 6.09. The molecule has 12 heteroatoms. The number of barbiturate groups is 1. The van der Waals surface area contributed by atoms with Crippen LogP contribution in [0.3, 0.4) is 0 Å². The molecule has 0 bridgehead atoms. The number of rotatable bonds is 4. The molecule has 0 radical (unpaired) electrons. The Balaban J connectivity index is 1.70. The highest BCUT2D eigenvalue weighted by atomic mass is 35.5. The fraction of sp³-hybridized carbons (Fsp3) is 0.235. The number of nitrogens with zero attached hydrogens (tertiary/aromatic N) is 4. The van der Waals surface area contributed by atoms with Gasteiger partial charge in [0.2, 0.25) is 11.8 Å². The van der Waals surface area contributed by atoms with Gasteiger partial charge in [-0.25, -0.2) is 9.21 Å². The molecule has 0 unspecified atom stereocenters. The van der Waals surface area contributed by atoms with Crippen molar-refractivity contribution < 1.29 is 23.9 Å². The van der Waals surface area contributed by atoms with Gasteiger partial charge in [-0.3, -0.25) is 29.2 Å². The quantitative estimate of drug-likeness (QED) is 0.562. The maximum Gasteiger partial charge on any atom is 0.332 e. The SMILES string of the molecule is CN1C(=O)C(C(=O)Nc2ccc(OC3=C(Cl)C=NCN3Cl)cc2)C(=O)N(C)C1=O. The van der Waals surface area contributed by atoms with E-state index in [1.54, 1.807) is 0 Å². The molecule has 1 aromatic rings. The number of nitrogens with one attached hydrogen (secondary N) is 1. The first-order chi connectivity index (χ1) is 13.7. The molecule has 152 valence electrons. The lowest BCUT2D eigenvalue weighted by molar-refractivity contribution is -0.151. The van der Waals surface area contributed by atoms with Crippen LogP contribution in [-0.2, 0) is 14.4 Å². The molecule has 0 saturated carbocycles. The van der Waals surface area contributed by atoms with Crippen LogP contribution in [0, 0.1) is 5.92 Å². The van der Waals surface area contributed by atoms with E-state index >= 15 is 0 Å². The lowest BCUT2D eigenvalue weighted by Crippen LogP contribution is -2.59. The highest BCUT2D eigenvalue weighted by Gasteiger charge is 2.46. The molecule has 1 aromatic carbocycles. The van der Waals surface area contributed by atoms with Crippen LogP contribution in [0.2, 0.25) is 0 Å². The van der Waals surface area contributed by atoms with Crippen molar-refractivity contribution in [1.29, 1.82) is 0 Å². The fourth-order valence-corrected chi connectivity index (χ4v) is 3.03. The number of benzene rings is 1. The van der Waals surface area contributed by atoms with Crippen molar-refractivity contribution in [1.82, 2.24) is 14.2 Å². The van der Waals surface area contributed by atoms with Crippen molar-refractivity contribution in [2.75, 3.05) is 26.1 Å². The minimum atomic E-state index is -1.64. The molecule has 1 N–H and O–H groups in total. The zero-order chi connectivity index (χ0) is 21.3. The zero-order valence-electron chi connectivity index (χ0n) is 15.3. The van der Waals surface area contributed by atoms with E-state index in [1.165, 1.54) is 49.0 Å². The maximum absolute atomic E-state index is 12.5.